The number of imide groups is 1. The van der Waals surface area contributed by atoms with Gasteiger partial charge in [0.1, 0.15) is 6.54 Å². The Bertz CT molecular complexity index is 1020. The monoisotopic (exact) mass is 444 g/mol. The molecule has 3 heterocycles. The van der Waals surface area contributed by atoms with Crippen LogP contribution in [0.1, 0.15) is 50.8 Å². The van der Waals surface area contributed by atoms with Crippen molar-refractivity contribution in [3.8, 4) is 0 Å². The maximum Gasteiger partial charge on any atom is 0.331 e. The van der Waals surface area contributed by atoms with Crippen LogP contribution < -0.4 is 4.90 Å². The van der Waals surface area contributed by atoms with Gasteiger partial charge in [0.05, 0.1) is 31.1 Å². The normalized spacial score (nSPS) is 18.0. The van der Waals surface area contributed by atoms with E-state index in [1.165, 1.54) is 9.80 Å². The van der Waals surface area contributed by atoms with Gasteiger partial charge in [-0.15, -0.1) is 0 Å². The number of urea groups is 1. The zero-order valence-electron chi connectivity index (χ0n) is 19.0. The van der Waals surface area contributed by atoms with Gasteiger partial charge >= 0.3 is 6.03 Å². The van der Waals surface area contributed by atoms with Crippen molar-refractivity contribution in [1.29, 1.82) is 0 Å². The van der Waals surface area contributed by atoms with E-state index in [-0.39, 0.29) is 36.7 Å². The lowest BCUT2D eigenvalue weighted by atomic mass is 10.1. The van der Waals surface area contributed by atoms with Crippen molar-refractivity contribution >= 4 is 31.6 Å². The molecule has 0 unspecified atom stereocenters. The number of carbonyl (C=O) groups excluding carboxylic acids is 2. The molecule has 31 heavy (non-hydrogen) atoms. The molecule has 1 N–H and O–H groups in total. The highest BCUT2D eigenvalue weighted by Gasteiger charge is 2.40. The second-order valence-electron chi connectivity index (χ2n) is 10.1. The Labute approximate surface area is 183 Å². The lowest BCUT2D eigenvalue weighted by Gasteiger charge is -2.36. The van der Waals surface area contributed by atoms with Gasteiger partial charge in [0.2, 0.25) is 0 Å². The smallest absolute Gasteiger partial charge is 0.331 e. The first-order valence-electron chi connectivity index (χ1n) is 10.9. The maximum absolute atomic E-state index is 13.2. The molecule has 168 valence electrons. The molecule has 1 saturated heterocycles. The third-order valence-electron chi connectivity index (χ3n) is 6.74. The highest BCUT2D eigenvalue weighted by atomic mass is 28.4. The number of carbonyl (C=O) groups is 2. The second kappa shape index (κ2) is 7.72. The zero-order chi connectivity index (χ0) is 22.6. The Morgan fingerprint density at radius 3 is 2.55 bits per heavy atom. The number of hydrogen-bond acceptors (Lipinski definition) is 5. The van der Waals surface area contributed by atoms with E-state index in [0.717, 1.165) is 18.4 Å². The number of aliphatic hydroxyl groups is 1. The number of amides is 3. The molecule has 3 amide bonds. The third kappa shape index (κ3) is 4.14. The van der Waals surface area contributed by atoms with E-state index in [4.69, 9.17) is 4.43 Å². The van der Waals surface area contributed by atoms with Crippen molar-refractivity contribution < 1.29 is 19.1 Å². The number of hydrogen-bond donors (Lipinski definition) is 1. The van der Waals surface area contributed by atoms with Gasteiger partial charge in [0.15, 0.2) is 14.0 Å². The molecule has 1 aliphatic carbocycles. The number of aliphatic hydroxyl groups excluding tert-OH is 1. The first kappa shape index (κ1) is 22.0. The summed E-state index contributed by atoms with van der Waals surface area (Å²) in [7, 11) is -1.95. The maximum atomic E-state index is 13.2. The molecule has 2 aromatic heterocycles. The van der Waals surface area contributed by atoms with Gasteiger partial charge in [0.25, 0.3) is 5.91 Å². The molecule has 1 aliphatic heterocycles. The summed E-state index contributed by atoms with van der Waals surface area (Å²) in [5.74, 6) is 0.248. The average Bonchev–Trinajstić information content (AvgIpc) is 3.39. The molecule has 9 heteroatoms. The summed E-state index contributed by atoms with van der Waals surface area (Å²) in [6.07, 6.45) is 6.03. The van der Waals surface area contributed by atoms with E-state index in [1.54, 1.807) is 6.20 Å². The van der Waals surface area contributed by atoms with Gasteiger partial charge in [-0.25, -0.2) is 9.78 Å². The summed E-state index contributed by atoms with van der Waals surface area (Å²) >= 11 is 0. The Morgan fingerprint density at radius 2 is 1.94 bits per heavy atom. The van der Waals surface area contributed by atoms with E-state index < -0.39 is 8.32 Å². The van der Waals surface area contributed by atoms with Crippen molar-refractivity contribution in [2.45, 2.75) is 64.3 Å². The highest BCUT2D eigenvalue weighted by Crippen LogP contribution is 2.42. The molecule has 0 aromatic carbocycles. The topological polar surface area (TPSA) is 87.4 Å². The van der Waals surface area contributed by atoms with E-state index in [0.29, 0.717) is 29.6 Å². The van der Waals surface area contributed by atoms with Gasteiger partial charge in [-0.1, -0.05) is 20.8 Å². The summed E-state index contributed by atoms with van der Waals surface area (Å²) in [6, 6.07) is 1.63. The molecule has 2 fully saturated rings. The van der Waals surface area contributed by atoms with Crippen molar-refractivity contribution in [1.82, 2.24) is 14.3 Å². The number of nitrogens with zero attached hydrogens (tertiary/aromatic N) is 4. The van der Waals surface area contributed by atoms with Gasteiger partial charge in [-0.05, 0) is 48.5 Å². The fourth-order valence-electron chi connectivity index (χ4n) is 3.63. The quantitative estimate of drug-likeness (QED) is 0.522. The Hall–Kier alpha value is -2.23. The summed E-state index contributed by atoms with van der Waals surface area (Å²) in [5, 5.41) is 9.58. The number of rotatable bonds is 7. The van der Waals surface area contributed by atoms with Crippen LogP contribution in [-0.2, 0) is 15.8 Å². The third-order valence-corrected chi connectivity index (χ3v) is 11.3. The first-order chi connectivity index (χ1) is 14.5. The molecule has 0 radical (unpaired) electrons. The minimum absolute atomic E-state index is 0.00990. The van der Waals surface area contributed by atoms with Gasteiger partial charge in [-0.2, -0.15) is 0 Å². The van der Waals surface area contributed by atoms with Crippen molar-refractivity contribution in [3.05, 3.63) is 29.7 Å². The molecule has 0 atom stereocenters. The van der Waals surface area contributed by atoms with Crippen molar-refractivity contribution in [2.24, 2.45) is 0 Å². The zero-order valence-corrected chi connectivity index (χ0v) is 20.0. The molecule has 0 bridgehead atoms. The molecule has 2 aromatic rings. The van der Waals surface area contributed by atoms with Crippen LogP contribution in [-0.4, -0.2) is 59.3 Å². The number of fused-ring (bicyclic) bond motifs is 1. The van der Waals surface area contributed by atoms with Crippen LogP contribution in [0.5, 0.6) is 0 Å². The van der Waals surface area contributed by atoms with Crippen LogP contribution in [0.2, 0.25) is 18.1 Å². The average molecular weight is 445 g/mol. The number of aromatic nitrogens is 2. The first-order valence-corrected chi connectivity index (χ1v) is 13.8. The van der Waals surface area contributed by atoms with Gasteiger partial charge < -0.3 is 13.9 Å². The summed E-state index contributed by atoms with van der Waals surface area (Å²) in [5.41, 5.74) is 2.86. The molecular formula is C22H32N4O4Si. The molecule has 1 saturated carbocycles. The lowest BCUT2D eigenvalue weighted by Crippen LogP contribution is -2.43. The molecule has 4 rings (SSSR count). The predicted molar refractivity (Wildman–Crippen MR) is 121 cm³/mol. The number of anilines is 1. The van der Waals surface area contributed by atoms with Gasteiger partial charge in [0, 0.05) is 12.4 Å². The predicted octanol–water partition coefficient (Wildman–Crippen LogP) is 3.49. The van der Waals surface area contributed by atoms with E-state index in [2.05, 4.69) is 38.8 Å². The Kier molecular flexibility index (Phi) is 5.47. The van der Waals surface area contributed by atoms with Crippen LogP contribution in [0.25, 0.3) is 5.65 Å². The Morgan fingerprint density at radius 1 is 1.23 bits per heavy atom. The minimum Gasteiger partial charge on any atom is -0.415 e. The minimum atomic E-state index is -1.95. The standard InChI is InChI=1S/C22H32N4O4Si/c1-22(2,3)31(4,5)30-9-8-25-19(28)13-26(21(25)29)18-10-16(15-6-7-15)11-24-12-17(14-27)23-20(18)24/h10-12,15,27H,6-9,13-14H2,1-5H3. The number of imidazole rings is 1. The highest BCUT2D eigenvalue weighted by molar-refractivity contribution is 6.74. The largest absolute Gasteiger partial charge is 0.415 e. The fraction of sp³-hybridized carbons (Fsp3) is 0.591. The Balaban J connectivity index is 1.56. The summed E-state index contributed by atoms with van der Waals surface area (Å²) < 4.78 is 8.03. The van der Waals surface area contributed by atoms with Crippen LogP contribution in [0.3, 0.4) is 0 Å². The fourth-order valence-corrected chi connectivity index (χ4v) is 4.66. The van der Waals surface area contributed by atoms with Crippen LogP contribution in [0.15, 0.2) is 18.5 Å². The summed E-state index contributed by atoms with van der Waals surface area (Å²) in [6.45, 7) is 11.2. The van der Waals surface area contributed by atoms with Crippen LogP contribution >= 0.6 is 0 Å². The molecule has 2 aliphatic rings. The SMILES string of the molecule is CC(C)(C)[Si](C)(C)OCCN1C(=O)CN(c2cc(C3CC3)cn3cc(CO)nc23)C1=O. The lowest BCUT2D eigenvalue weighted by molar-refractivity contribution is -0.125. The van der Waals surface area contributed by atoms with Crippen LogP contribution in [0.4, 0.5) is 10.5 Å². The van der Waals surface area contributed by atoms with E-state index in [1.807, 2.05) is 16.7 Å². The number of pyridine rings is 1. The van der Waals surface area contributed by atoms with Crippen molar-refractivity contribution in [2.75, 3.05) is 24.6 Å². The second-order valence-corrected chi connectivity index (χ2v) is 14.9. The van der Waals surface area contributed by atoms with Crippen LogP contribution in [0, 0.1) is 0 Å². The van der Waals surface area contributed by atoms with E-state index >= 15 is 0 Å². The molecule has 0 spiro atoms. The molecule has 8 nitrogen and oxygen atoms in total. The van der Waals surface area contributed by atoms with Gasteiger partial charge in [-0.3, -0.25) is 14.6 Å². The molecular weight excluding hydrogens is 412 g/mol. The summed E-state index contributed by atoms with van der Waals surface area (Å²) in [4.78, 5) is 33.1. The van der Waals surface area contributed by atoms with E-state index in [9.17, 15) is 14.7 Å². The van der Waals surface area contributed by atoms with Crippen molar-refractivity contribution in [3.63, 3.8) is 0 Å².